The molecule has 0 spiro atoms. The summed E-state index contributed by atoms with van der Waals surface area (Å²) in [6.07, 6.45) is 2.88. The number of rotatable bonds is 7. The van der Waals surface area contributed by atoms with E-state index in [2.05, 4.69) is 24.5 Å². The molecule has 0 radical (unpaired) electrons. The van der Waals surface area contributed by atoms with Crippen molar-refractivity contribution in [3.8, 4) is 0 Å². The molecule has 3 heteroatoms. The number of hydrogen-bond acceptors (Lipinski definition) is 2. The Morgan fingerprint density at radius 1 is 1.23 bits per heavy atom. The summed E-state index contributed by atoms with van der Waals surface area (Å²) in [6, 6.07) is 0. The summed E-state index contributed by atoms with van der Waals surface area (Å²) in [6.45, 7) is 5.86. The first-order valence-electron chi connectivity index (χ1n) is 5.18. The van der Waals surface area contributed by atoms with Crippen LogP contribution in [0.4, 0.5) is 0 Å². The summed E-state index contributed by atoms with van der Waals surface area (Å²) in [5.41, 5.74) is 0. The van der Waals surface area contributed by atoms with Crippen molar-refractivity contribution in [2.75, 3.05) is 20.1 Å². The van der Waals surface area contributed by atoms with E-state index >= 15 is 0 Å². The van der Waals surface area contributed by atoms with Crippen molar-refractivity contribution in [1.29, 1.82) is 0 Å². The van der Waals surface area contributed by atoms with Crippen LogP contribution in [0.5, 0.6) is 0 Å². The molecule has 0 saturated carbocycles. The Balaban J connectivity index is 3.48. The normalized spacial score (nSPS) is 10.5. The minimum atomic E-state index is 0.203. The van der Waals surface area contributed by atoms with Crippen molar-refractivity contribution in [3.05, 3.63) is 0 Å². The molecule has 3 nitrogen and oxygen atoms in total. The van der Waals surface area contributed by atoms with Gasteiger partial charge in [0.25, 0.3) is 0 Å². The first-order valence-corrected chi connectivity index (χ1v) is 5.18. The molecule has 0 aliphatic rings. The van der Waals surface area contributed by atoms with Crippen molar-refractivity contribution >= 4 is 5.91 Å². The lowest BCUT2D eigenvalue weighted by Gasteiger charge is -2.12. The molecule has 2 N–H and O–H groups in total. The largest absolute Gasteiger partial charge is 0.356 e. The van der Waals surface area contributed by atoms with Crippen LogP contribution < -0.4 is 10.6 Å². The number of hydrogen-bond donors (Lipinski definition) is 2. The molecule has 0 saturated heterocycles. The highest BCUT2D eigenvalue weighted by Crippen LogP contribution is 2.06. The zero-order chi connectivity index (χ0) is 10.1. The van der Waals surface area contributed by atoms with Crippen LogP contribution in [0, 0.1) is 5.92 Å². The highest BCUT2D eigenvalue weighted by atomic mass is 16.1. The topological polar surface area (TPSA) is 41.1 Å². The molecular formula is C10H22N2O. The average molecular weight is 186 g/mol. The predicted octanol–water partition coefficient (Wildman–Crippen LogP) is 1.15. The van der Waals surface area contributed by atoms with Crippen molar-refractivity contribution in [2.45, 2.75) is 33.1 Å². The van der Waals surface area contributed by atoms with Crippen LogP contribution in [0.3, 0.4) is 0 Å². The lowest BCUT2D eigenvalue weighted by Crippen LogP contribution is -2.31. The summed E-state index contributed by atoms with van der Waals surface area (Å²) in [4.78, 5) is 11.4. The molecule has 0 aliphatic heterocycles. The molecule has 13 heavy (non-hydrogen) atoms. The molecule has 0 heterocycles. The van der Waals surface area contributed by atoms with Crippen LogP contribution in [0.2, 0.25) is 0 Å². The van der Waals surface area contributed by atoms with Gasteiger partial charge in [0.1, 0.15) is 0 Å². The van der Waals surface area contributed by atoms with Gasteiger partial charge in [-0.2, -0.15) is 0 Å². The molecule has 0 aromatic carbocycles. The standard InChI is InChI=1S/C10H22N2O/c1-4-9(5-2)10(13)12-8-6-7-11-3/h9,11H,4-8H2,1-3H3,(H,12,13). The first-order chi connectivity index (χ1) is 6.26. The van der Waals surface area contributed by atoms with Crippen LogP contribution in [0.1, 0.15) is 33.1 Å². The fraction of sp³-hybridized carbons (Fsp3) is 0.900. The summed E-state index contributed by atoms with van der Waals surface area (Å²) in [5.74, 6) is 0.413. The van der Waals surface area contributed by atoms with E-state index < -0.39 is 0 Å². The van der Waals surface area contributed by atoms with E-state index in [4.69, 9.17) is 0 Å². The van der Waals surface area contributed by atoms with Crippen LogP contribution in [0.15, 0.2) is 0 Å². The van der Waals surface area contributed by atoms with Crippen molar-refractivity contribution in [2.24, 2.45) is 5.92 Å². The fourth-order valence-corrected chi connectivity index (χ4v) is 1.28. The van der Waals surface area contributed by atoms with Crippen LogP contribution in [0.25, 0.3) is 0 Å². The Kier molecular flexibility index (Phi) is 7.69. The minimum absolute atomic E-state index is 0.203. The zero-order valence-corrected chi connectivity index (χ0v) is 9.02. The SMILES string of the molecule is CCC(CC)C(=O)NCCCNC. The predicted molar refractivity (Wildman–Crippen MR) is 55.6 cm³/mol. The minimum Gasteiger partial charge on any atom is -0.356 e. The van der Waals surface area contributed by atoms with Gasteiger partial charge in [-0.3, -0.25) is 4.79 Å². The molecule has 78 valence electrons. The van der Waals surface area contributed by atoms with E-state index in [0.29, 0.717) is 0 Å². The van der Waals surface area contributed by atoms with Crippen molar-refractivity contribution in [3.63, 3.8) is 0 Å². The number of carbonyl (C=O) groups is 1. The van der Waals surface area contributed by atoms with Crippen LogP contribution in [-0.2, 0) is 4.79 Å². The molecule has 0 unspecified atom stereocenters. The van der Waals surface area contributed by atoms with E-state index in [9.17, 15) is 4.79 Å². The summed E-state index contributed by atoms with van der Waals surface area (Å²) in [7, 11) is 1.92. The quantitative estimate of drug-likeness (QED) is 0.586. The summed E-state index contributed by atoms with van der Waals surface area (Å²) < 4.78 is 0. The summed E-state index contributed by atoms with van der Waals surface area (Å²) in [5, 5.41) is 5.99. The van der Waals surface area contributed by atoms with E-state index in [1.54, 1.807) is 0 Å². The molecule has 0 rings (SSSR count). The van der Waals surface area contributed by atoms with Gasteiger partial charge in [-0.05, 0) is 32.9 Å². The Hall–Kier alpha value is -0.570. The van der Waals surface area contributed by atoms with Gasteiger partial charge >= 0.3 is 0 Å². The van der Waals surface area contributed by atoms with E-state index in [1.165, 1.54) is 0 Å². The van der Waals surface area contributed by atoms with Gasteiger partial charge in [0.05, 0.1) is 0 Å². The molecule has 0 fully saturated rings. The van der Waals surface area contributed by atoms with Crippen molar-refractivity contribution in [1.82, 2.24) is 10.6 Å². The van der Waals surface area contributed by atoms with Gasteiger partial charge in [-0.1, -0.05) is 13.8 Å². The Morgan fingerprint density at radius 3 is 2.31 bits per heavy atom. The number of carbonyl (C=O) groups excluding carboxylic acids is 1. The fourth-order valence-electron chi connectivity index (χ4n) is 1.28. The Bertz CT molecular complexity index is 133. The van der Waals surface area contributed by atoms with Gasteiger partial charge in [0.2, 0.25) is 5.91 Å². The second-order valence-electron chi connectivity index (χ2n) is 3.26. The van der Waals surface area contributed by atoms with Gasteiger partial charge in [-0.15, -0.1) is 0 Å². The maximum Gasteiger partial charge on any atom is 0.223 e. The molecule has 1 amide bonds. The third-order valence-electron chi connectivity index (χ3n) is 2.26. The third kappa shape index (κ3) is 5.64. The second kappa shape index (κ2) is 8.05. The Labute approximate surface area is 81.3 Å². The molecule has 0 bridgehead atoms. The van der Waals surface area contributed by atoms with E-state index in [0.717, 1.165) is 32.4 Å². The Morgan fingerprint density at radius 2 is 1.85 bits per heavy atom. The zero-order valence-electron chi connectivity index (χ0n) is 9.02. The lowest BCUT2D eigenvalue weighted by atomic mass is 10.0. The van der Waals surface area contributed by atoms with E-state index in [-0.39, 0.29) is 11.8 Å². The van der Waals surface area contributed by atoms with Gasteiger partial charge in [0, 0.05) is 12.5 Å². The monoisotopic (exact) mass is 186 g/mol. The highest BCUT2D eigenvalue weighted by molar-refractivity contribution is 5.78. The second-order valence-corrected chi connectivity index (χ2v) is 3.26. The maximum absolute atomic E-state index is 11.4. The molecule has 0 aliphatic carbocycles. The maximum atomic E-state index is 11.4. The molecule has 0 aromatic heterocycles. The van der Waals surface area contributed by atoms with E-state index in [1.807, 2.05) is 7.05 Å². The first kappa shape index (κ1) is 12.4. The lowest BCUT2D eigenvalue weighted by molar-refractivity contribution is -0.125. The summed E-state index contributed by atoms with van der Waals surface area (Å²) >= 11 is 0. The third-order valence-corrected chi connectivity index (χ3v) is 2.26. The number of nitrogens with one attached hydrogen (secondary N) is 2. The molecule has 0 aromatic rings. The molecular weight excluding hydrogens is 164 g/mol. The van der Waals surface area contributed by atoms with Gasteiger partial charge < -0.3 is 10.6 Å². The van der Waals surface area contributed by atoms with Crippen molar-refractivity contribution < 1.29 is 4.79 Å². The number of amides is 1. The van der Waals surface area contributed by atoms with Crippen LogP contribution >= 0.6 is 0 Å². The smallest absolute Gasteiger partial charge is 0.223 e. The molecule has 0 atom stereocenters. The average Bonchev–Trinajstić information content (AvgIpc) is 2.14. The van der Waals surface area contributed by atoms with Gasteiger partial charge in [-0.25, -0.2) is 0 Å². The van der Waals surface area contributed by atoms with Gasteiger partial charge in [0.15, 0.2) is 0 Å². The highest BCUT2D eigenvalue weighted by Gasteiger charge is 2.12. The van der Waals surface area contributed by atoms with Crippen LogP contribution in [-0.4, -0.2) is 26.0 Å².